The second kappa shape index (κ2) is 5.31. The van der Waals surface area contributed by atoms with E-state index < -0.39 is 0 Å². The summed E-state index contributed by atoms with van der Waals surface area (Å²) in [5, 5.41) is 7.33. The van der Waals surface area contributed by atoms with E-state index in [0.717, 1.165) is 0 Å². The van der Waals surface area contributed by atoms with E-state index in [9.17, 15) is 0 Å². The maximum atomic E-state index is 7.33. The van der Waals surface area contributed by atoms with Crippen molar-refractivity contribution in [3.8, 4) is 5.75 Å². The zero-order valence-corrected chi connectivity index (χ0v) is 8.86. The summed E-state index contributed by atoms with van der Waals surface area (Å²) in [5.41, 5.74) is 5.74. The van der Waals surface area contributed by atoms with Crippen LogP contribution in [0.25, 0.3) is 0 Å². The summed E-state index contributed by atoms with van der Waals surface area (Å²) < 4.78 is 10.5. The summed E-state index contributed by atoms with van der Waals surface area (Å²) in [7, 11) is 1.61. The number of nitrogens with one attached hydrogen (secondary N) is 1. The molecule has 1 unspecified atom stereocenters. The highest BCUT2D eigenvalue weighted by Gasteiger charge is 2.10. The Morgan fingerprint density at radius 3 is 3.00 bits per heavy atom. The first kappa shape index (κ1) is 11.5. The Balaban J connectivity index is 2.79. The Labute approximate surface area is 88.7 Å². The van der Waals surface area contributed by atoms with Crippen molar-refractivity contribution in [2.24, 2.45) is 5.73 Å². The molecule has 1 aromatic rings. The molecule has 0 bridgehead atoms. The Morgan fingerprint density at radius 2 is 2.40 bits per heavy atom. The molecule has 5 heteroatoms. The highest BCUT2D eigenvalue weighted by Crippen LogP contribution is 2.16. The fourth-order valence-electron chi connectivity index (χ4n) is 1.17. The summed E-state index contributed by atoms with van der Waals surface area (Å²) in [6, 6.07) is 3.47. The summed E-state index contributed by atoms with van der Waals surface area (Å²) in [6.45, 7) is 2.35. The largest absolute Gasteiger partial charge is 0.486 e. The summed E-state index contributed by atoms with van der Waals surface area (Å²) in [6.07, 6.45) is 1.47. The van der Waals surface area contributed by atoms with E-state index >= 15 is 0 Å². The van der Waals surface area contributed by atoms with Gasteiger partial charge in [-0.2, -0.15) is 0 Å². The number of pyridine rings is 1. The van der Waals surface area contributed by atoms with Crippen molar-refractivity contribution in [1.29, 1.82) is 5.41 Å². The zero-order valence-electron chi connectivity index (χ0n) is 8.86. The van der Waals surface area contributed by atoms with Gasteiger partial charge in [0.05, 0.1) is 6.61 Å². The van der Waals surface area contributed by atoms with Gasteiger partial charge >= 0.3 is 0 Å². The van der Waals surface area contributed by atoms with Gasteiger partial charge in [0.1, 0.15) is 23.4 Å². The highest BCUT2D eigenvalue weighted by molar-refractivity contribution is 5.95. The lowest BCUT2D eigenvalue weighted by atomic mass is 10.3. The average molecular weight is 209 g/mol. The zero-order chi connectivity index (χ0) is 11.3. The quantitative estimate of drug-likeness (QED) is 0.554. The van der Waals surface area contributed by atoms with Gasteiger partial charge in [0.25, 0.3) is 0 Å². The minimum absolute atomic E-state index is 0.0997. The summed E-state index contributed by atoms with van der Waals surface area (Å²) in [4.78, 5) is 3.98. The number of nitrogens with two attached hydrogens (primary N) is 1. The van der Waals surface area contributed by atoms with Crippen LogP contribution in [0.2, 0.25) is 0 Å². The number of nitrogen functional groups attached to an aromatic ring is 1. The molecule has 1 rings (SSSR count). The van der Waals surface area contributed by atoms with Crippen LogP contribution >= 0.6 is 0 Å². The molecule has 1 aromatic heterocycles. The van der Waals surface area contributed by atoms with Crippen LogP contribution in [0.15, 0.2) is 18.3 Å². The van der Waals surface area contributed by atoms with E-state index in [2.05, 4.69) is 4.98 Å². The van der Waals surface area contributed by atoms with Crippen molar-refractivity contribution >= 4 is 5.84 Å². The first-order valence-corrected chi connectivity index (χ1v) is 4.60. The van der Waals surface area contributed by atoms with E-state index in [0.29, 0.717) is 18.1 Å². The fraction of sp³-hybridized carbons (Fsp3) is 0.400. The third-order valence-electron chi connectivity index (χ3n) is 1.76. The molecule has 1 atom stereocenters. The van der Waals surface area contributed by atoms with Gasteiger partial charge in [-0.15, -0.1) is 0 Å². The lowest BCUT2D eigenvalue weighted by Crippen LogP contribution is -2.21. The van der Waals surface area contributed by atoms with Crippen LogP contribution < -0.4 is 10.5 Å². The second-order valence-electron chi connectivity index (χ2n) is 3.15. The average Bonchev–Trinajstić information content (AvgIpc) is 2.18. The number of rotatable bonds is 5. The number of nitrogens with zero attached hydrogens (tertiary/aromatic N) is 1. The van der Waals surface area contributed by atoms with E-state index in [1.807, 2.05) is 6.92 Å². The number of hydrogen-bond donors (Lipinski definition) is 2. The Bertz CT molecular complexity index is 341. The van der Waals surface area contributed by atoms with E-state index in [-0.39, 0.29) is 11.9 Å². The normalized spacial score (nSPS) is 12.1. The van der Waals surface area contributed by atoms with Crippen LogP contribution in [0, 0.1) is 5.41 Å². The predicted octanol–water partition coefficient (Wildman–Crippen LogP) is 0.779. The third-order valence-corrected chi connectivity index (χ3v) is 1.76. The molecule has 5 nitrogen and oxygen atoms in total. The number of methoxy groups -OCH3 is 1. The molecule has 0 spiro atoms. The van der Waals surface area contributed by atoms with Crippen LogP contribution in [0.4, 0.5) is 0 Å². The molecule has 0 aliphatic carbocycles. The molecule has 15 heavy (non-hydrogen) atoms. The number of aromatic nitrogens is 1. The topological polar surface area (TPSA) is 81.2 Å². The van der Waals surface area contributed by atoms with Crippen LogP contribution in [0.1, 0.15) is 12.6 Å². The Kier molecular flexibility index (Phi) is 4.05. The molecule has 0 saturated heterocycles. The van der Waals surface area contributed by atoms with Crippen molar-refractivity contribution in [1.82, 2.24) is 4.98 Å². The molecule has 82 valence electrons. The molecule has 3 N–H and O–H groups in total. The first-order chi connectivity index (χ1) is 7.15. The van der Waals surface area contributed by atoms with Crippen LogP contribution in [-0.4, -0.2) is 30.6 Å². The molecular weight excluding hydrogens is 194 g/mol. The van der Waals surface area contributed by atoms with Crippen molar-refractivity contribution in [2.75, 3.05) is 13.7 Å². The first-order valence-electron chi connectivity index (χ1n) is 4.60. The molecule has 0 amide bonds. The summed E-state index contributed by atoms with van der Waals surface area (Å²) >= 11 is 0. The molecule has 0 fully saturated rings. The second-order valence-corrected chi connectivity index (χ2v) is 3.15. The van der Waals surface area contributed by atoms with E-state index in [1.54, 1.807) is 25.4 Å². The SMILES string of the molecule is COCC(C)Oc1cccnc1C(=N)N. The number of ether oxygens (including phenoxy) is 2. The minimum atomic E-state index is -0.102. The smallest absolute Gasteiger partial charge is 0.149 e. The monoisotopic (exact) mass is 209 g/mol. The van der Waals surface area contributed by atoms with Gasteiger partial charge in [-0.25, -0.2) is 4.98 Å². The van der Waals surface area contributed by atoms with Crippen LogP contribution in [0.5, 0.6) is 5.75 Å². The molecule has 0 saturated carbocycles. The van der Waals surface area contributed by atoms with Gasteiger partial charge in [0.15, 0.2) is 0 Å². The highest BCUT2D eigenvalue weighted by atomic mass is 16.5. The maximum Gasteiger partial charge on any atom is 0.149 e. The van der Waals surface area contributed by atoms with Gasteiger partial charge in [-0.3, -0.25) is 5.41 Å². The maximum absolute atomic E-state index is 7.33. The van der Waals surface area contributed by atoms with Crippen molar-refractivity contribution in [2.45, 2.75) is 13.0 Å². The van der Waals surface area contributed by atoms with E-state index in [1.165, 1.54) is 0 Å². The van der Waals surface area contributed by atoms with Crippen LogP contribution in [0.3, 0.4) is 0 Å². The third kappa shape index (κ3) is 3.21. The summed E-state index contributed by atoms with van der Waals surface area (Å²) in [5.74, 6) is 0.407. The van der Waals surface area contributed by atoms with E-state index in [4.69, 9.17) is 20.6 Å². The molecule has 0 aliphatic rings. The van der Waals surface area contributed by atoms with Crippen molar-refractivity contribution < 1.29 is 9.47 Å². The van der Waals surface area contributed by atoms with Gasteiger partial charge in [-0.05, 0) is 19.1 Å². The minimum Gasteiger partial charge on any atom is -0.486 e. The van der Waals surface area contributed by atoms with Crippen molar-refractivity contribution in [3.63, 3.8) is 0 Å². The molecular formula is C10H15N3O2. The molecule has 0 radical (unpaired) electrons. The van der Waals surface area contributed by atoms with Gasteiger partial charge in [-0.1, -0.05) is 0 Å². The predicted molar refractivity (Wildman–Crippen MR) is 57.2 cm³/mol. The van der Waals surface area contributed by atoms with Gasteiger partial charge in [0, 0.05) is 13.3 Å². The Morgan fingerprint density at radius 1 is 1.67 bits per heavy atom. The van der Waals surface area contributed by atoms with Crippen molar-refractivity contribution in [3.05, 3.63) is 24.0 Å². The van der Waals surface area contributed by atoms with Gasteiger partial charge < -0.3 is 15.2 Å². The fourth-order valence-corrected chi connectivity index (χ4v) is 1.17. The number of hydrogen-bond acceptors (Lipinski definition) is 4. The molecule has 0 aromatic carbocycles. The van der Waals surface area contributed by atoms with Crippen LogP contribution in [-0.2, 0) is 4.74 Å². The molecule has 0 aliphatic heterocycles. The number of amidine groups is 1. The Hall–Kier alpha value is -1.62. The standard InChI is InChI=1S/C10H15N3O2/c1-7(6-14-2)15-8-4-3-5-13-9(8)10(11)12/h3-5,7H,6H2,1-2H3,(H3,11,12). The van der Waals surface area contributed by atoms with Gasteiger partial charge in [0.2, 0.25) is 0 Å². The lowest BCUT2D eigenvalue weighted by molar-refractivity contribution is 0.0917. The lowest BCUT2D eigenvalue weighted by Gasteiger charge is -2.15. The molecule has 1 heterocycles.